The van der Waals surface area contributed by atoms with Crippen LogP contribution in [0.4, 0.5) is 0 Å². The molecule has 0 fully saturated rings. The summed E-state index contributed by atoms with van der Waals surface area (Å²) in [4.78, 5) is 25.2. The SMILES string of the molecule is CCOC(=O)CCN(CCO)C(=O)c1cccc(OC)c1. The van der Waals surface area contributed by atoms with Crippen LogP contribution in [0.3, 0.4) is 0 Å². The predicted octanol–water partition coefficient (Wildman–Crippen LogP) is 1.08. The van der Waals surface area contributed by atoms with Gasteiger partial charge in [0.05, 0.1) is 26.7 Å². The van der Waals surface area contributed by atoms with Gasteiger partial charge in [0.1, 0.15) is 5.75 Å². The average Bonchev–Trinajstić information content (AvgIpc) is 2.51. The third kappa shape index (κ3) is 5.43. The fourth-order valence-corrected chi connectivity index (χ4v) is 1.83. The first-order valence-electron chi connectivity index (χ1n) is 6.82. The van der Waals surface area contributed by atoms with Crippen LogP contribution in [0, 0.1) is 0 Å². The molecule has 1 N–H and O–H groups in total. The van der Waals surface area contributed by atoms with Gasteiger partial charge in [-0.15, -0.1) is 0 Å². The highest BCUT2D eigenvalue weighted by molar-refractivity contribution is 5.94. The van der Waals surface area contributed by atoms with E-state index < -0.39 is 0 Å². The minimum absolute atomic E-state index is 0.101. The maximum atomic E-state index is 12.4. The minimum atomic E-state index is -0.362. The van der Waals surface area contributed by atoms with E-state index in [4.69, 9.17) is 14.6 Å². The van der Waals surface area contributed by atoms with E-state index in [1.54, 1.807) is 31.2 Å². The smallest absolute Gasteiger partial charge is 0.307 e. The average molecular weight is 295 g/mol. The first kappa shape index (κ1) is 17.0. The summed E-state index contributed by atoms with van der Waals surface area (Å²) in [6.07, 6.45) is 0.101. The molecule has 1 amide bonds. The topological polar surface area (TPSA) is 76.1 Å². The van der Waals surface area contributed by atoms with Crippen molar-refractivity contribution in [3.8, 4) is 5.75 Å². The summed E-state index contributed by atoms with van der Waals surface area (Å²) < 4.78 is 9.91. The molecule has 0 bridgehead atoms. The van der Waals surface area contributed by atoms with Gasteiger partial charge in [-0.05, 0) is 25.1 Å². The second-order valence-corrected chi connectivity index (χ2v) is 4.30. The van der Waals surface area contributed by atoms with E-state index >= 15 is 0 Å². The number of carbonyl (C=O) groups excluding carboxylic acids is 2. The molecular formula is C15H21NO5. The number of hydrogen-bond acceptors (Lipinski definition) is 5. The summed E-state index contributed by atoms with van der Waals surface area (Å²) in [5.41, 5.74) is 0.451. The Bertz CT molecular complexity index is 475. The Kier molecular flexibility index (Phi) is 7.25. The van der Waals surface area contributed by atoms with Crippen molar-refractivity contribution in [1.29, 1.82) is 0 Å². The molecule has 0 heterocycles. The molecule has 0 spiro atoms. The normalized spacial score (nSPS) is 10.0. The third-order valence-corrected chi connectivity index (χ3v) is 2.86. The maximum absolute atomic E-state index is 12.4. The molecular weight excluding hydrogens is 274 g/mol. The monoisotopic (exact) mass is 295 g/mol. The van der Waals surface area contributed by atoms with Gasteiger partial charge in [0.2, 0.25) is 0 Å². The van der Waals surface area contributed by atoms with E-state index in [1.807, 2.05) is 0 Å². The molecule has 0 aliphatic rings. The number of aliphatic hydroxyl groups excluding tert-OH is 1. The molecule has 0 aromatic heterocycles. The number of benzene rings is 1. The predicted molar refractivity (Wildman–Crippen MR) is 77.2 cm³/mol. The molecule has 1 aromatic carbocycles. The summed E-state index contributed by atoms with van der Waals surface area (Å²) in [7, 11) is 1.52. The Balaban J connectivity index is 2.74. The third-order valence-electron chi connectivity index (χ3n) is 2.86. The molecule has 0 saturated carbocycles. The Morgan fingerprint density at radius 2 is 2.05 bits per heavy atom. The van der Waals surface area contributed by atoms with Crippen molar-refractivity contribution in [3.63, 3.8) is 0 Å². The Morgan fingerprint density at radius 3 is 2.67 bits per heavy atom. The molecule has 0 saturated heterocycles. The van der Waals surface area contributed by atoms with Gasteiger partial charge < -0.3 is 19.5 Å². The summed E-state index contributed by atoms with van der Waals surface area (Å²) in [6, 6.07) is 6.75. The van der Waals surface area contributed by atoms with E-state index in [0.29, 0.717) is 17.9 Å². The Hall–Kier alpha value is -2.08. The van der Waals surface area contributed by atoms with Crippen molar-refractivity contribution in [2.24, 2.45) is 0 Å². The number of rotatable bonds is 8. The molecule has 1 rings (SSSR count). The van der Waals surface area contributed by atoms with Crippen LogP contribution in [0.2, 0.25) is 0 Å². The standard InChI is InChI=1S/C15H21NO5/c1-3-21-14(18)7-8-16(9-10-17)15(19)12-5-4-6-13(11-12)20-2/h4-6,11,17H,3,7-10H2,1-2H3. The number of nitrogens with zero attached hydrogens (tertiary/aromatic N) is 1. The molecule has 6 nitrogen and oxygen atoms in total. The van der Waals surface area contributed by atoms with Crippen LogP contribution >= 0.6 is 0 Å². The summed E-state index contributed by atoms with van der Waals surface area (Å²) in [5, 5.41) is 9.07. The lowest BCUT2D eigenvalue weighted by Crippen LogP contribution is -2.35. The molecule has 0 aliphatic heterocycles. The lowest BCUT2D eigenvalue weighted by Gasteiger charge is -2.21. The zero-order valence-corrected chi connectivity index (χ0v) is 12.4. The minimum Gasteiger partial charge on any atom is -0.497 e. The van der Waals surface area contributed by atoms with Gasteiger partial charge in [-0.3, -0.25) is 9.59 Å². The van der Waals surface area contributed by atoms with Crippen molar-refractivity contribution < 1.29 is 24.2 Å². The first-order chi connectivity index (χ1) is 10.1. The number of carbonyl (C=O) groups is 2. The summed E-state index contributed by atoms with van der Waals surface area (Å²) >= 11 is 0. The fourth-order valence-electron chi connectivity index (χ4n) is 1.83. The van der Waals surface area contributed by atoms with Crippen LogP contribution < -0.4 is 4.74 Å². The van der Waals surface area contributed by atoms with Crippen molar-refractivity contribution >= 4 is 11.9 Å². The van der Waals surface area contributed by atoms with Crippen molar-refractivity contribution in [2.45, 2.75) is 13.3 Å². The van der Waals surface area contributed by atoms with E-state index in [-0.39, 0.29) is 38.0 Å². The van der Waals surface area contributed by atoms with Gasteiger partial charge in [0.25, 0.3) is 5.91 Å². The van der Waals surface area contributed by atoms with E-state index in [9.17, 15) is 9.59 Å². The van der Waals surface area contributed by atoms with Gasteiger partial charge >= 0.3 is 5.97 Å². The maximum Gasteiger partial charge on any atom is 0.307 e. The van der Waals surface area contributed by atoms with Gasteiger partial charge in [-0.1, -0.05) is 6.07 Å². The molecule has 1 aromatic rings. The second kappa shape index (κ2) is 8.97. The van der Waals surface area contributed by atoms with Crippen molar-refractivity contribution in [1.82, 2.24) is 4.90 Å². The quantitative estimate of drug-likeness (QED) is 0.726. The molecule has 0 atom stereocenters. The van der Waals surface area contributed by atoms with E-state index in [2.05, 4.69) is 0 Å². The van der Waals surface area contributed by atoms with Crippen LogP contribution in [0.5, 0.6) is 5.75 Å². The zero-order valence-electron chi connectivity index (χ0n) is 12.4. The van der Waals surface area contributed by atoms with Crippen LogP contribution in [0.15, 0.2) is 24.3 Å². The highest BCUT2D eigenvalue weighted by atomic mass is 16.5. The summed E-state index contributed by atoms with van der Waals surface area (Å²) in [5.74, 6) is -0.0404. The summed E-state index contributed by atoms with van der Waals surface area (Å²) in [6.45, 7) is 2.23. The highest BCUT2D eigenvalue weighted by Crippen LogP contribution is 2.14. The van der Waals surface area contributed by atoms with Crippen LogP contribution in [0.25, 0.3) is 0 Å². The van der Waals surface area contributed by atoms with E-state index in [0.717, 1.165) is 0 Å². The highest BCUT2D eigenvalue weighted by Gasteiger charge is 2.17. The van der Waals surface area contributed by atoms with Gasteiger partial charge in [-0.2, -0.15) is 0 Å². The molecule has 0 unspecified atom stereocenters. The molecule has 116 valence electrons. The number of hydrogen-bond donors (Lipinski definition) is 1. The number of methoxy groups -OCH3 is 1. The van der Waals surface area contributed by atoms with Gasteiger partial charge in [0, 0.05) is 18.7 Å². The lowest BCUT2D eigenvalue weighted by molar-refractivity contribution is -0.143. The molecule has 0 radical (unpaired) electrons. The number of aliphatic hydroxyl groups is 1. The number of esters is 1. The Morgan fingerprint density at radius 1 is 1.29 bits per heavy atom. The van der Waals surface area contributed by atoms with Crippen molar-refractivity contribution in [3.05, 3.63) is 29.8 Å². The molecule has 0 aliphatic carbocycles. The first-order valence-corrected chi connectivity index (χ1v) is 6.82. The molecule has 21 heavy (non-hydrogen) atoms. The number of amides is 1. The van der Waals surface area contributed by atoms with Crippen LogP contribution in [0.1, 0.15) is 23.7 Å². The Labute approximate surface area is 124 Å². The van der Waals surface area contributed by atoms with Crippen LogP contribution in [-0.4, -0.2) is 55.3 Å². The zero-order chi connectivity index (χ0) is 15.7. The number of ether oxygens (including phenoxy) is 2. The van der Waals surface area contributed by atoms with Crippen LogP contribution in [-0.2, 0) is 9.53 Å². The van der Waals surface area contributed by atoms with Gasteiger partial charge in [0.15, 0.2) is 0 Å². The second-order valence-electron chi connectivity index (χ2n) is 4.30. The van der Waals surface area contributed by atoms with E-state index in [1.165, 1.54) is 12.0 Å². The largest absolute Gasteiger partial charge is 0.497 e. The van der Waals surface area contributed by atoms with Crippen molar-refractivity contribution in [2.75, 3.05) is 33.4 Å². The lowest BCUT2D eigenvalue weighted by atomic mass is 10.2. The molecule has 6 heteroatoms. The van der Waals surface area contributed by atoms with Gasteiger partial charge in [-0.25, -0.2) is 0 Å². The fraction of sp³-hybridized carbons (Fsp3) is 0.467.